The Balaban J connectivity index is 2.71. The molecule has 0 radical (unpaired) electrons. The van der Waals surface area contributed by atoms with Crippen LogP contribution < -0.4 is 0 Å². The van der Waals surface area contributed by atoms with Crippen LogP contribution in [0.1, 0.15) is 50.9 Å². The van der Waals surface area contributed by atoms with E-state index in [4.69, 9.17) is 21.7 Å². The normalized spacial score (nSPS) is 12.4. The number of hydrogen-bond donors (Lipinski definition) is 0. The second-order valence-electron chi connectivity index (χ2n) is 6.35. The molecule has 0 fully saturated rings. The van der Waals surface area contributed by atoms with Gasteiger partial charge in [-0.15, -0.1) is 0 Å². The van der Waals surface area contributed by atoms with Crippen LogP contribution in [-0.4, -0.2) is 28.2 Å². The molecule has 4 nitrogen and oxygen atoms in total. The van der Waals surface area contributed by atoms with Gasteiger partial charge in [-0.25, -0.2) is 0 Å². The van der Waals surface area contributed by atoms with Crippen LogP contribution in [0.2, 0.25) is 0 Å². The lowest BCUT2D eigenvalue weighted by atomic mass is 9.97. The Morgan fingerprint density at radius 3 is 2.36 bits per heavy atom. The number of esters is 1. The highest BCUT2D eigenvalue weighted by Crippen LogP contribution is 2.26. The molecule has 0 spiro atoms. The highest BCUT2D eigenvalue weighted by molar-refractivity contribution is 9.10. The lowest BCUT2D eigenvalue weighted by Gasteiger charge is -2.23. The first-order valence-corrected chi connectivity index (χ1v) is 10.0. The number of benzene rings is 1. The minimum absolute atomic E-state index is 0.00719. The average molecular weight is 447 g/mol. The molecule has 1 aromatic rings. The fourth-order valence-electron chi connectivity index (χ4n) is 1.73. The van der Waals surface area contributed by atoms with Crippen molar-refractivity contribution in [1.29, 1.82) is 0 Å². The van der Waals surface area contributed by atoms with Crippen molar-refractivity contribution in [3.8, 4) is 0 Å². The number of halogens is 1. The molecule has 0 aromatic heterocycles. The summed E-state index contributed by atoms with van der Waals surface area (Å²) in [6, 6.07) is 7.17. The third-order valence-corrected chi connectivity index (χ3v) is 4.95. The zero-order valence-electron chi connectivity index (χ0n) is 14.8. The van der Waals surface area contributed by atoms with Crippen LogP contribution in [0.15, 0.2) is 28.7 Å². The van der Waals surface area contributed by atoms with E-state index in [2.05, 4.69) is 15.9 Å². The molecule has 0 N–H and O–H groups in total. The van der Waals surface area contributed by atoms with Crippen molar-refractivity contribution in [1.82, 2.24) is 0 Å². The van der Waals surface area contributed by atoms with E-state index in [-0.39, 0.29) is 18.2 Å². The number of carbonyl (C=O) groups is 2. The molecule has 1 unspecified atom stereocenters. The highest BCUT2D eigenvalue weighted by atomic mass is 79.9. The second-order valence-corrected chi connectivity index (χ2v) is 9.03. The summed E-state index contributed by atoms with van der Waals surface area (Å²) in [6.45, 7) is 7.63. The number of ketones is 1. The van der Waals surface area contributed by atoms with Crippen LogP contribution in [0.4, 0.5) is 0 Å². The summed E-state index contributed by atoms with van der Waals surface area (Å²) >= 11 is 9.63. The topological polar surface area (TPSA) is 52.6 Å². The third kappa shape index (κ3) is 8.33. The molecule has 25 heavy (non-hydrogen) atoms. The zero-order chi connectivity index (χ0) is 19.0. The van der Waals surface area contributed by atoms with E-state index in [0.29, 0.717) is 23.0 Å². The molecular formula is C18H23BrO4S2. The first-order valence-electron chi connectivity index (χ1n) is 7.96. The van der Waals surface area contributed by atoms with Crippen molar-refractivity contribution in [3.63, 3.8) is 0 Å². The van der Waals surface area contributed by atoms with E-state index in [9.17, 15) is 9.59 Å². The molecule has 7 heteroatoms. The van der Waals surface area contributed by atoms with Crippen LogP contribution >= 0.6 is 39.9 Å². The highest BCUT2D eigenvalue weighted by Gasteiger charge is 2.28. The molecule has 0 bridgehead atoms. The Bertz CT molecular complexity index is 608. The number of ether oxygens (including phenoxy) is 2. The van der Waals surface area contributed by atoms with Crippen molar-refractivity contribution in [2.45, 2.75) is 46.0 Å². The Morgan fingerprint density at radius 1 is 1.24 bits per heavy atom. The largest absolute Gasteiger partial charge is 0.479 e. The van der Waals surface area contributed by atoms with E-state index >= 15 is 0 Å². The Hall–Kier alpha value is -0.920. The molecule has 0 aliphatic rings. The third-order valence-electron chi connectivity index (χ3n) is 3.11. The molecule has 0 saturated carbocycles. The summed E-state index contributed by atoms with van der Waals surface area (Å²) in [5.74, 6) is -0.340. The number of carbonyl (C=O) groups excluding carboxylic acids is 2. The van der Waals surface area contributed by atoms with Crippen LogP contribution in [0.25, 0.3) is 0 Å². The van der Waals surface area contributed by atoms with Crippen molar-refractivity contribution >= 4 is 56.0 Å². The summed E-state index contributed by atoms with van der Waals surface area (Å²) in [4.78, 5) is 24.5. The molecule has 138 valence electrons. The van der Waals surface area contributed by atoms with Gasteiger partial charge < -0.3 is 9.47 Å². The van der Waals surface area contributed by atoms with E-state index in [1.807, 2.05) is 19.1 Å². The maximum atomic E-state index is 12.3. The van der Waals surface area contributed by atoms with E-state index in [1.54, 1.807) is 32.9 Å². The molecule has 1 aromatic carbocycles. The summed E-state index contributed by atoms with van der Waals surface area (Å²) < 4.78 is 12.0. The first kappa shape index (κ1) is 22.1. The number of thioether (sulfide) groups is 1. The van der Waals surface area contributed by atoms with Crippen LogP contribution in [0.5, 0.6) is 0 Å². The Kier molecular flexibility index (Phi) is 9.10. The minimum atomic E-state index is -0.623. The Morgan fingerprint density at radius 2 is 1.84 bits per heavy atom. The maximum absolute atomic E-state index is 12.3. The van der Waals surface area contributed by atoms with Gasteiger partial charge in [0.25, 0.3) is 0 Å². The lowest BCUT2D eigenvalue weighted by molar-refractivity contribution is -0.154. The van der Waals surface area contributed by atoms with E-state index in [0.717, 1.165) is 16.2 Å². The molecule has 0 amide bonds. The van der Waals surface area contributed by atoms with Crippen LogP contribution in [-0.2, 0) is 14.3 Å². The average Bonchev–Trinajstić information content (AvgIpc) is 2.52. The number of thiocarbonyl (C=S) groups is 1. The lowest BCUT2D eigenvalue weighted by Crippen LogP contribution is -2.28. The summed E-state index contributed by atoms with van der Waals surface area (Å²) in [7, 11) is 0. The molecule has 0 aliphatic carbocycles. The van der Waals surface area contributed by atoms with Gasteiger partial charge in [0.2, 0.25) is 4.38 Å². The molecule has 0 heterocycles. The summed E-state index contributed by atoms with van der Waals surface area (Å²) in [6.07, 6.45) is 0.625. The van der Waals surface area contributed by atoms with Gasteiger partial charge in [0.05, 0.1) is 12.0 Å². The smallest absolute Gasteiger partial charge is 0.312 e. The quantitative estimate of drug-likeness (QED) is 0.242. The molecule has 0 saturated heterocycles. The van der Waals surface area contributed by atoms with Gasteiger partial charge in [-0.3, -0.25) is 9.59 Å². The molecular weight excluding hydrogens is 424 g/mol. The standard InChI is InChI=1S/C18H23BrO4S2/c1-5-22-17(24)25-15(23-16(21)18(2,3)4)11-10-14(20)12-6-8-13(19)9-7-12/h6-9,15H,5,10-11H2,1-4H3. The number of hydrogen-bond acceptors (Lipinski definition) is 6. The second kappa shape index (κ2) is 10.3. The van der Waals surface area contributed by atoms with Crippen molar-refractivity contribution < 1.29 is 19.1 Å². The fraction of sp³-hybridized carbons (Fsp3) is 0.500. The monoisotopic (exact) mass is 446 g/mol. The first-order chi connectivity index (χ1) is 11.6. The van der Waals surface area contributed by atoms with E-state index < -0.39 is 10.9 Å². The maximum Gasteiger partial charge on any atom is 0.312 e. The van der Waals surface area contributed by atoms with Gasteiger partial charge in [0.1, 0.15) is 0 Å². The van der Waals surface area contributed by atoms with Crippen molar-refractivity contribution in [2.24, 2.45) is 5.41 Å². The summed E-state index contributed by atoms with van der Waals surface area (Å²) in [5.41, 5.74) is -0.548. The SMILES string of the molecule is CCOC(=S)SC(CCC(=O)c1ccc(Br)cc1)OC(=O)C(C)(C)C. The van der Waals surface area contributed by atoms with Crippen molar-refractivity contribution in [3.05, 3.63) is 34.3 Å². The van der Waals surface area contributed by atoms with Crippen molar-refractivity contribution in [2.75, 3.05) is 6.61 Å². The fourth-order valence-corrected chi connectivity index (χ4v) is 3.20. The molecule has 1 atom stereocenters. The van der Waals surface area contributed by atoms with Gasteiger partial charge in [-0.2, -0.15) is 0 Å². The minimum Gasteiger partial charge on any atom is -0.479 e. The molecule has 1 rings (SSSR count). The summed E-state index contributed by atoms with van der Waals surface area (Å²) in [5, 5.41) is 0. The van der Waals surface area contributed by atoms with Gasteiger partial charge in [-0.1, -0.05) is 28.1 Å². The Labute approximate surface area is 167 Å². The predicted octanol–water partition coefficient (Wildman–Crippen LogP) is 5.38. The van der Waals surface area contributed by atoms with Gasteiger partial charge in [0, 0.05) is 22.9 Å². The molecule has 0 aliphatic heterocycles. The number of Topliss-reactive ketones (excluding diaryl/α,β-unsaturated/α-hetero) is 1. The zero-order valence-corrected chi connectivity index (χ0v) is 18.1. The van der Waals surface area contributed by atoms with Gasteiger partial charge in [-0.05, 0) is 63.8 Å². The number of rotatable bonds is 7. The van der Waals surface area contributed by atoms with Gasteiger partial charge in [0.15, 0.2) is 11.2 Å². The van der Waals surface area contributed by atoms with E-state index in [1.165, 1.54) is 0 Å². The predicted molar refractivity (Wildman–Crippen MR) is 109 cm³/mol. The van der Waals surface area contributed by atoms with Crippen LogP contribution in [0, 0.1) is 5.41 Å². The van der Waals surface area contributed by atoms with Gasteiger partial charge >= 0.3 is 5.97 Å². The van der Waals surface area contributed by atoms with Crippen LogP contribution in [0.3, 0.4) is 0 Å².